The van der Waals surface area contributed by atoms with Crippen LogP contribution >= 0.6 is 0 Å². The Morgan fingerprint density at radius 3 is 3.06 bits per heavy atom. The maximum Gasteiger partial charge on any atom is 0.273 e. The SMILES string of the molecule is N#C[C@H]1CCC[C@@H](n2cccc(N)c2=O)C1. The van der Waals surface area contributed by atoms with Gasteiger partial charge in [0.2, 0.25) is 0 Å². The Morgan fingerprint density at radius 1 is 1.50 bits per heavy atom. The van der Waals surface area contributed by atoms with E-state index < -0.39 is 0 Å². The van der Waals surface area contributed by atoms with Crippen LogP contribution in [0.1, 0.15) is 31.7 Å². The number of anilines is 1. The summed E-state index contributed by atoms with van der Waals surface area (Å²) in [5, 5.41) is 8.92. The van der Waals surface area contributed by atoms with E-state index in [1.807, 2.05) is 0 Å². The summed E-state index contributed by atoms with van der Waals surface area (Å²) in [7, 11) is 0. The second kappa shape index (κ2) is 4.40. The first kappa shape index (κ1) is 10.7. The van der Waals surface area contributed by atoms with Crippen LogP contribution in [0.2, 0.25) is 0 Å². The van der Waals surface area contributed by atoms with Crippen LogP contribution in [0, 0.1) is 17.2 Å². The highest BCUT2D eigenvalue weighted by Crippen LogP contribution is 2.31. The molecule has 0 radical (unpaired) electrons. The van der Waals surface area contributed by atoms with Gasteiger partial charge in [-0.3, -0.25) is 4.79 Å². The molecule has 0 aliphatic heterocycles. The molecule has 16 heavy (non-hydrogen) atoms. The highest BCUT2D eigenvalue weighted by molar-refractivity contribution is 5.33. The molecule has 1 aliphatic carbocycles. The maximum absolute atomic E-state index is 11.8. The van der Waals surface area contributed by atoms with Crippen molar-refractivity contribution in [3.8, 4) is 6.07 Å². The Hall–Kier alpha value is -1.76. The Morgan fingerprint density at radius 2 is 2.31 bits per heavy atom. The van der Waals surface area contributed by atoms with Crippen molar-refractivity contribution in [1.29, 1.82) is 5.26 Å². The van der Waals surface area contributed by atoms with Gasteiger partial charge in [0.1, 0.15) is 0 Å². The first-order valence-electron chi connectivity index (χ1n) is 5.58. The highest BCUT2D eigenvalue weighted by atomic mass is 16.1. The molecule has 0 bridgehead atoms. The number of hydrogen-bond donors (Lipinski definition) is 1. The molecule has 2 atom stereocenters. The average molecular weight is 217 g/mol. The molecule has 0 unspecified atom stereocenters. The molecule has 0 aromatic carbocycles. The number of hydrogen-bond acceptors (Lipinski definition) is 3. The van der Waals surface area contributed by atoms with E-state index in [2.05, 4.69) is 6.07 Å². The quantitative estimate of drug-likeness (QED) is 0.778. The van der Waals surface area contributed by atoms with Gasteiger partial charge >= 0.3 is 0 Å². The van der Waals surface area contributed by atoms with Crippen molar-refractivity contribution in [1.82, 2.24) is 4.57 Å². The molecule has 1 aliphatic rings. The lowest BCUT2D eigenvalue weighted by Crippen LogP contribution is -2.29. The Balaban J connectivity index is 2.28. The van der Waals surface area contributed by atoms with E-state index in [9.17, 15) is 4.79 Å². The molecule has 1 aromatic rings. The minimum atomic E-state index is -0.133. The van der Waals surface area contributed by atoms with Crippen LogP contribution in [0.5, 0.6) is 0 Å². The smallest absolute Gasteiger partial charge is 0.273 e. The summed E-state index contributed by atoms with van der Waals surface area (Å²) >= 11 is 0. The lowest BCUT2D eigenvalue weighted by molar-refractivity contribution is 0.303. The molecule has 0 saturated heterocycles. The lowest BCUT2D eigenvalue weighted by Gasteiger charge is -2.27. The van der Waals surface area contributed by atoms with Crippen molar-refractivity contribution in [2.75, 3.05) is 5.73 Å². The van der Waals surface area contributed by atoms with Gasteiger partial charge < -0.3 is 10.3 Å². The fourth-order valence-corrected chi connectivity index (χ4v) is 2.35. The highest BCUT2D eigenvalue weighted by Gasteiger charge is 2.23. The first-order valence-corrected chi connectivity index (χ1v) is 5.58. The van der Waals surface area contributed by atoms with E-state index in [0.717, 1.165) is 25.7 Å². The maximum atomic E-state index is 11.8. The molecule has 1 aromatic heterocycles. The van der Waals surface area contributed by atoms with Gasteiger partial charge in [-0.2, -0.15) is 5.26 Å². The number of nitrogens with zero attached hydrogens (tertiary/aromatic N) is 2. The topological polar surface area (TPSA) is 71.8 Å². The molecule has 4 heteroatoms. The zero-order chi connectivity index (χ0) is 11.5. The number of nitrogens with two attached hydrogens (primary N) is 1. The standard InChI is InChI=1S/C12H15N3O/c13-8-9-3-1-4-10(7-9)15-6-2-5-11(14)12(15)16/h2,5-6,9-10H,1,3-4,7,14H2/t9-,10+/m0/s1. The molecule has 4 nitrogen and oxygen atoms in total. The second-order valence-corrected chi connectivity index (χ2v) is 4.32. The predicted octanol–water partition coefficient (Wildman–Crippen LogP) is 1.69. The van der Waals surface area contributed by atoms with Gasteiger partial charge in [-0.25, -0.2) is 0 Å². The van der Waals surface area contributed by atoms with E-state index >= 15 is 0 Å². The van der Waals surface area contributed by atoms with E-state index in [1.165, 1.54) is 0 Å². The van der Waals surface area contributed by atoms with Crippen LogP contribution in [0.3, 0.4) is 0 Å². The third-order valence-corrected chi connectivity index (χ3v) is 3.23. The van der Waals surface area contributed by atoms with Gasteiger partial charge in [0.25, 0.3) is 5.56 Å². The van der Waals surface area contributed by atoms with Crippen molar-refractivity contribution in [2.45, 2.75) is 31.7 Å². The molecule has 1 saturated carbocycles. The van der Waals surface area contributed by atoms with Crippen LogP contribution < -0.4 is 11.3 Å². The number of aromatic nitrogens is 1. The average Bonchev–Trinajstić information content (AvgIpc) is 2.33. The van der Waals surface area contributed by atoms with Crippen molar-refractivity contribution >= 4 is 5.69 Å². The van der Waals surface area contributed by atoms with Gasteiger partial charge in [0.15, 0.2) is 0 Å². The molecular formula is C12H15N3O. The van der Waals surface area contributed by atoms with Crippen LogP contribution in [0.15, 0.2) is 23.1 Å². The molecule has 1 fully saturated rings. The van der Waals surface area contributed by atoms with E-state index in [1.54, 1.807) is 22.9 Å². The van der Waals surface area contributed by atoms with Crippen LogP contribution in [-0.2, 0) is 0 Å². The Labute approximate surface area is 94.3 Å². The predicted molar refractivity (Wildman–Crippen MR) is 61.7 cm³/mol. The lowest BCUT2D eigenvalue weighted by atomic mass is 9.86. The monoisotopic (exact) mass is 217 g/mol. The summed E-state index contributed by atoms with van der Waals surface area (Å²) in [6.45, 7) is 0. The largest absolute Gasteiger partial charge is 0.394 e. The molecule has 2 N–H and O–H groups in total. The summed E-state index contributed by atoms with van der Waals surface area (Å²) in [6, 6.07) is 5.82. The Kier molecular flexibility index (Phi) is 2.95. The normalized spacial score (nSPS) is 24.9. The third-order valence-electron chi connectivity index (χ3n) is 3.23. The minimum absolute atomic E-state index is 0.0760. The second-order valence-electron chi connectivity index (χ2n) is 4.32. The van der Waals surface area contributed by atoms with E-state index in [4.69, 9.17) is 11.0 Å². The van der Waals surface area contributed by atoms with E-state index in [-0.39, 0.29) is 23.2 Å². The summed E-state index contributed by atoms with van der Waals surface area (Å²) < 4.78 is 1.68. The first-order chi connectivity index (χ1) is 7.72. The summed E-state index contributed by atoms with van der Waals surface area (Å²) in [5.41, 5.74) is 5.74. The van der Waals surface area contributed by atoms with Gasteiger partial charge in [-0.1, -0.05) is 6.42 Å². The number of pyridine rings is 1. The van der Waals surface area contributed by atoms with Crippen LogP contribution in [-0.4, -0.2) is 4.57 Å². The van der Waals surface area contributed by atoms with Crippen molar-refractivity contribution in [3.05, 3.63) is 28.7 Å². The fourth-order valence-electron chi connectivity index (χ4n) is 2.35. The molecule has 0 spiro atoms. The fraction of sp³-hybridized carbons (Fsp3) is 0.500. The molecular weight excluding hydrogens is 202 g/mol. The zero-order valence-corrected chi connectivity index (χ0v) is 9.10. The number of nitriles is 1. The molecule has 2 rings (SSSR count). The number of rotatable bonds is 1. The van der Waals surface area contributed by atoms with Gasteiger partial charge in [0.05, 0.1) is 11.8 Å². The summed E-state index contributed by atoms with van der Waals surface area (Å²) in [5.74, 6) is 0.0760. The molecule has 84 valence electrons. The summed E-state index contributed by atoms with van der Waals surface area (Å²) in [6.07, 6.45) is 5.44. The molecule has 0 amide bonds. The summed E-state index contributed by atoms with van der Waals surface area (Å²) in [4.78, 5) is 11.8. The number of nitrogen functional groups attached to an aromatic ring is 1. The van der Waals surface area contributed by atoms with Crippen molar-refractivity contribution in [2.24, 2.45) is 5.92 Å². The van der Waals surface area contributed by atoms with Crippen molar-refractivity contribution in [3.63, 3.8) is 0 Å². The minimum Gasteiger partial charge on any atom is -0.394 e. The van der Waals surface area contributed by atoms with E-state index in [0.29, 0.717) is 0 Å². The van der Waals surface area contributed by atoms with Gasteiger partial charge in [-0.15, -0.1) is 0 Å². The van der Waals surface area contributed by atoms with Crippen molar-refractivity contribution < 1.29 is 0 Å². The molecule has 1 heterocycles. The zero-order valence-electron chi connectivity index (χ0n) is 9.10. The van der Waals surface area contributed by atoms with Gasteiger partial charge in [-0.05, 0) is 31.4 Å². The van der Waals surface area contributed by atoms with Gasteiger partial charge in [0, 0.05) is 18.2 Å². The Bertz CT molecular complexity index is 472. The van der Waals surface area contributed by atoms with Crippen LogP contribution in [0.4, 0.5) is 5.69 Å². The van der Waals surface area contributed by atoms with Crippen LogP contribution in [0.25, 0.3) is 0 Å². The third kappa shape index (κ3) is 1.94.